The number of alkyl halides is 2. The monoisotopic (exact) mass is 218 g/mol. The maximum Gasteiger partial charge on any atom is 0.291 e. The Bertz CT molecular complexity index is 333. The zero-order valence-electron chi connectivity index (χ0n) is 7.37. The van der Waals surface area contributed by atoms with E-state index in [0.717, 1.165) is 11.3 Å². The molecular weight excluding hydrogens is 210 g/mol. The topological polar surface area (TPSA) is 61.6 Å². The van der Waals surface area contributed by atoms with Crippen LogP contribution in [-0.2, 0) is 0 Å². The smallest absolute Gasteiger partial charge is 0.291 e. The predicted octanol–water partition coefficient (Wildman–Crippen LogP) is 2.05. The molecule has 0 spiro atoms. The van der Waals surface area contributed by atoms with Gasteiger partial charge in [0.1, 0.15) is 0 Å². The van der Waals surface area contributed by atoms with Crippen molar-refractivity contribution in [2.45, 2.75) is 13.3 Å². The Morgan fingerprint density at radius 3 is 2.79 bits per heavy atom. The van der Waals surface area contributed by atoms with Gasteiger partial charge in [0.2, 0.25) is 5.13 Å². The molecule has 0 aliphatic carbocycles. The van der Waals surface area contributed by atoms with Crippen molar-refractivity contribution in [3.8, 4) is 6.07 Å². The largest absolute Gasteiger partial charge is 0.359 e. The Balaban J connectivity index is 2.49. The minimum atomic E-state index is -2.59. The quantitative estimate of drug-likeness (QED) is 0.840. The van der Waals surface area contributed by atoms with Crippen LogP contribution in [0.3, 0.4) is 0 Å². The van der Waals surface area contributed by atoms with Crippen LogP contribution in [0.25, 0.3) is 0 Å². The Labute approximate surface area is 83.6 Å². The predicted molar refractivity (Wildman–Crippen MR) is 48.1 cm³/mol. The molecule has 0 radical (unpaired) electrons. The molecule has 0 amide bonds. The highest BCUT2D eigenvalue weighted by molar-refractivity contribution is 7.15. The fraction of sp³-hybridized carbons (Fsp3) is 0.571. The molecule has 76 valence electrons. The summed E-state index contributed by atoms with van der Waals surface area (Å²) in [6, 6.07) is 2.01. The van der Waals surface area contributed by atoms with Crippen LogP contribution in [-0.4, -0.2) is 16.7 Å². The van der Waals surface area contributed by atoms with E-state index in [0.29, 0.717) is 11.7 Å². The SMILES string of the molecule is CC(C#N)CNc1nnc(C(F)F)s1. The van der Waals surface area contributed by atoms with Crippen LogP contribution < -0.4 is 5.32 Å². The first-order chi connectivity index (χ1) is 6.63. The second-order valence-electron chi connectivity index (χ2n) is 2.66. The molecule has 7 heteroatoms. The van der Waals surface area contributed by atoms with E-state index in [1.54, 1.807) is 6.92 Å². The number of rotatable bonds is 4. The molecule has 0 aliphatic heterocycles. The zero-order chi connectivity index (χ0) is 10.6. The van der Waals surface area contributed by atoms with Crippen LogP contribution in [0, 0.1) is 17.2 Å². The average Bonchev–Trinajstić information content (AvgIpc) is 2.62. The van der Waals surface area contributed by atoms with Crippen LogP contribution in [0.5, 0.6) is 0 Å². The molecule has 14 heavy (non-hydrogen) atoms. The molecule has 4 nitrogen and oxygen atoms in total. The third-order valence-corrected chi connectivity index (χ3v) is 2.30. The van der Waals surface area contributed by atoms with Crippen LogP contribution >= 0.6 is 11.3 Å². The Kier molecular flexibility index (Phi) is 3.71. The van der Waals surface area contributed by atoms with E-state index in [-0.39, 0.29) is 10.9 Å². The van der Waals surface area contributed by atoms with Gasteiger partial charge in [-0.3, -0.25) is 0 Å². The molecule has 1 aromatic rings. The number of halogens is 2. The minimum Gasteiger partial charge on any atom is -0.359 e. The van der Waals surface area contributed by atoms with Gasteiger partial charge in [0, 0.05) is 6.54 Å². The summed E-state index contributed by atoms with van der Waals surface area (Å²) in [6.45, 7) is 2.11. The number of anilines is 1. The molecule has 0 aliphatic rings. The van der Waals surface area contributed by atoms with Gasteiger partial charge in [-0.15, -0.1) is 10.2 Å². The van der Waals surface area contributed by atoms with Crippen LogP contribution in [0.1, 0.15) is 18.4 Å². The molecule has 0 saturated heterocycles. The van der Waals surface area contributed by atoms with Gasteiger partial charge < -0.3 is 5.32 Å². The van der Waals surface area contributed by atoms with E-state index in [1.165, 1.54) is 0 Å². The van der Waals surface area contributed by atoms with Gasteiger partial charge >= 0.3 is 0 Å². The highest BCUT2D eigenvalue weighted by Crippen LogP contribution is 2.24. The molecule has 0 aromatic carbocycles. The highest BCUT2D eigenvalue weighted by Gasteiger charge is 2.13. The van der Waals surface area contributed by atoms with Crippen molar-refractivity contribution in [2.24, 2.45) is 5.92 Å². The first-order valence-corrected chi connectivity index (χ1v) is 4.70. The lowest BCUT2D eigenvalue weighted by Crippen LogP contribution is -2.08. The standard InChI is InChI=1S/C7H8F2N4S/c1-4(2-10)3-11-7-13-12-6(14-7)5(8)9/h4-5H,3H2,1H3,(H,11,13). The number of nitrogens with one attached hydrogen (secondary N) is 1. The summed E-state index contributed by atoms with van der Waals surface area (Å²) in [6.07, 6.45) is -2.59. The maximum absolute atomic E-state index is 12.1. The molecule has 0 bridgehead atoms. The Morgan fingerprint density at radius 1 is 1.57 bits per heavy atom. The van der Waals surface area contributed by atoms with Crippen molar-refractivity contribution >= 4 is 16.5 Å². The van der Waals surface area contributed by atoms with Crippen molar-refractivity contribution in [2.75, 3.05) is 11.9 Å². The number of hydrogen-bond donors (Lipinski definition) is 1. The summed E-state index contributed by atoms with van der Waals surface area (Å²) in [5.41, 5.74) is 0. The Hall–Kier alpha value is -1.29. The van der Waals surface area contributed by atoms with Crippen molar-refractivity contribution < 1.29 is 8.78 Å². The van der Waals surface area contributed by atoms with Crippen LogP contribution in [0.2, 0.25) is 0 Å². The van der Waals surface area contributed by atoms with E-state index in [2.05, 4.69) is 15.5 Å². The van der Waals surface area contributed by atoms with Gasteiger partial charge in [-0.05, 0) is 6.92 Å². The summed E-state index contributed by atoms with van der Waals surface area (Å²) < 4.78 is 24.1. The van der Waals surface area contributed by atoms with E-state index < -0.39 is 6.43 Å². The molecule has 1 unspecified atom stereocenters. The number of hydrogen-bond acceptors (Lipinski definition) is 5. The molecular formula is C7H8F2N4S. The van der Waals surface area contributed by atoms with Gasteiger partial charge in [-0.2, -0.15) is 5.26 Å². The normalized spacial score (nSPS) is 12.5. The lowest BCUT2D eigenvalue weighted by molar-refractivity contribution is 0.150. The van der Waals surface area contributed by atoms with E-state index in [1.807, 2.05) is 6.07 Å². The number of nitriles is 1. The van der Waals surface area contributed by atoms with Gasteiger partial charge in [0.05, 0.1) is 12.0 Å². The summed E-state index contributed by atoms with van der Waals surface area (Å²) in [4.78, 5) is 0. The second-order valence-corrected chi connectivity index (χ2v) is 3.67. The zero-order valence-corrected chi connectivity index (χ0v) is 8.18. The molecule has 1 rings (SSSR count). The lowest BCUT2D eigenvalue weighted by Gasteiger charge is -2.01. The first kappa shape index (κ1) is 10.8. The lowest BCUT2D eigenvalue weighted by atomic mass is 10.2. The number of aromatic nitrogens is 2. The molecule has 0 fully saturated rings. The van der Waals surface area contributed by atoms with Gasteiger partial charge in [-0.25, -0.2) is 8.78 Å². The van der Waals surface area contributed by atoms with Crippen LogP contribution in [0.4, 0.5) is 13.9 Å². The fourth-order valence-electron chi connectivity index (χ4n) is 0.680. The van der Waals surface area contributed by atoms with Gasteiger partial charge in [0.15, 0.2) is 5.01 Å². The minimum absolute atomic E-state index is 0.186. The van der Waals surface area contributed by atoms with Gasteiger partial charge in [-0.1, -0.05) is 11.3 Å². The van der Waals surface area contributed by atoms with Crippen molar-refractivity contribution in [1.82, 2.24) is 10.2 Å². The highest BCUT2D eigenvalue weighted by atomic mass is 32.1. The fourth-order valence-corrected chi connectivity index (χ4v) is 1.29. The first-order valence-electron chi connectivity index (χ1n) is 3.88. The summed E-state index contributed by atoms with van der Waals surface area (Å²) in [5.74, 6) is -0.186. The Morgan fingerprint density at radius 2 is 2.29 bits per heavy atom. The molecule has 1 N–H and O–H groups in total. The average molecular weight is 218 g/mol. The third kappa shape index (κ3) is 2.88. The van der Waals surface area contributed by atoms with E-state index in [4.69, 9.17) is 5.26 Å². The van der Waals surface area contributed by atoms with Crippen molar-refractivity contribution in [1.29, 1.82) is 5.26 Å². The second kappa shape index (κ2) is 4.81. The van der Waals surface area contributed by atoms with E-state index >= 15 is 0 Å². The molecule has 0 saturated carbocycles. The molecule has 1 heterocycles. The van der Waals surface area contributed by atoms with Crippen molar-refractivity contribution in [3.05, 3.63) is 5.01 Å². The van der Waals surface area contributed by atoms with Crippen molar-refractivity contribution in [3.63, 3.8) is 0 Å². The molecule has 1 atom stereocenters. The number of nitrogens with zero attached hydrogens (tertiary/aromatic N) is 3. The van der Waals surface area contributed by atoms with Gasteiger partial charge in [0.25, 0.3) is 6.43 Å². The van der Waals surface area contributed by atoms with Crippen LogP contribution in [0.15, 0.2) is 0 Å². The van der Waals surface area contributed by atoms with E-state index in [9.17, 15) is 8.78 Å². The maximum atomic E-state index is 12.1. The summed E-state index contributed by atoms with van der Waals surface area (Å²) in [7, 11) is 0. The molecule has 1 aromatic heterocycles. The summed E-state index contributed by atoms with van der Waals surface area (Å²) in [5, 5.41) is 18.0. The summed E-state index contributed by atoms with van der Waals surface area (Å²) >= 11 is 0.801. The third-order valence-electron chi connectivity index (χ3n) is 1.41.